The predicted octanol–water partition coefficient (Wildman–Crippen LogP) is 5.26. The molecule has 1 saturated heterocycles. The Bertz CT molecular complexity index is 2130. The van der Waals surface area contributed by atoms with Gasteiger partial charge in [-0.05, 0) is 43.2 Å². The minimum absolute atomic E-state index is 0.0416. The lowest BCUT2D eigenvalue weighted by atomic mass is 9.96. The minimum atomic E-state index is -4.40. The Kier molecular flexibility index (Phi) is 10.8. The third kappa shape index (κ3) is 8.46. The molecule has 0 radical (unpaired) electrons. The van der Waals surface area contributed by atoms with Crippen LogP contribution in [0.15, 0.2) is 72.8 Å². The second-order valence-corrected chi connectivity index (χ2v) is 16.2. The highest BCUT2D eigenvalue weighted by atomic mass is 31.2. The van der Waals surface area contributed by atoms with E-state index in [9.17, 15) is 19.6 Å². The molecule has 15 nitrogen and oxygen atoms in total. The number of rotatable bonds is 13. The first-order valence-corrected chi connectivity index (χ1v) is 18.8. The lowest BCUT2D eigenvalue weighted by Crippen LogP contribution is -2.44. The first-order valence-electron chi connectivity index (χ1n) is 17.3. The van der Waals surface area contributed by atoms with E-state index in [0.717, 1.165) is 10.9 Å². The van der Waals surface area contributed by atoms with Crippen LogP contribution in [0.25, 0.3) is 21.9 Å². The summed E-state index contributed by atoms with van der Waals surface area (Å²) < 4.78 is 39.7. The van der Waals surface area contributed by atoms with Crippen molar-refractivity contribution in [2.45, 2.75) is 78.2 Å². The Morgan fingerprint density at radius 2 is 1.77 bits per heavy atom. The highest BCUT2D eigenvalue weighted by molar-refractivity contribution is 7.52. The zero-order chi connectivity index (χ0) is 38.1. The van der Waals surface area contributed by atoms with Gasteiger partial charge in [-0.1, -0.05) is 87.5 Å². The molecule has 5 aromatic rings. The van der Waals surface area contributed by atoms with Crippen LogP contribution in [-0.4, -0.2) is 72.8 Å². The summed E-state index contributed by atoms with van der Waals surface area (Å²) in [6.45, 7) is 10.4. The number of fused-ring (bicyclic) bond motifs is 2. The van der Waals surface area contributed by atoms with Crippen molar-refractivity contribution in [1.82, 2.24) is 24.6 Å². The lowest BCUT2D eigenvalue weighted by molar-refractivity contribution is -0.148. The predicted molar refractivity (Wildman–Crippen MR) is 200 cm³/mol. The van der Waals surface area contributed by atoms with Crippen LogP contribution < -0.4 is 20.7 Å². The number of aliphatic hydroxyl groups excluding tert-OH is 1. The first-order chi connectivity index (χ1) is 25.0. The Labute approximate surface area is 307 Å². The van der Waals surface area contributed by atoms with Crippen molar-refractivity contribution in [3.05, 3.63) is 84.2 Å². The average molecular weight is 748 g/mol. The second-order valence-electron chi connectivity index (χ2n) is 14.5. The quantitative estimate of drug-likeness (QED) is 0.0770. The number of nitrogens with zero attached hydrogens (tertiary/aromatic N) is 4. The van der Waals surface area contributed by atoms with E-state index in [0.29, 0.717) is 29.1 Å². The summed E-state index contributed by atoms with van der Waals surface area (Å²) in [5.74, 6) is 0.313. The number of carbonyl (C=O) groups is 1. The summed E-state index contributed by atoms with van der Waals surface area (Å²) in [6, 6.07) is 21.2. The molecule has 1 aliphatic rings. The molecule has 1 fully saturated rings. The number of anilines is 2. The molecule has 6 rings (SSSR count). The van der Waals surface area contributed by atoms with Crippen LogP contribution in [0.1, 0.15) is 52.2 Å². The van der Waals surface area contributed by atoms with Crippen molar-refractivity contribution in [3.63, 3.8) is 0 Å². The van der Waals surface area contributed by atoms with Crippen molar-refractivity contribution in [2.75, 3.05) is 24.3 Å². The molecule has 2 aromatic heterocycles. The van der Waals surface area contributed by atoms with E-state index in [1.807, 2.05) is 75.4 Å². The van der Waals surface area contributed by atoms with E-state index >= 15 is 0 Å². The third-order valence-electron chi connectivity index (χ3n) is 8.75. The van der Waals surface area contributed by atoms with E-state index in [1.54, 1.807) is 25.1 Å². The van der Waals surface area contributed by atoms with E-state index in [1.165, 1.54) is 18.4 Å². The van der Waals surface area contributed by atoms with Gasteiger partial charge in [0.1, 0.15) is 35.4 Å². The SMILES string of the molecule is Cc1nc2c(NCc3ccccc3)nc(N)nc2n1C1OC(COP(=O)(NC(C)C(=O)OCC(C)(C)C)Oc2cccc3ccccc23)C(O)C1(C)O. The van der Waals surface area contributed by atoms with Gasteiger partial charge in [-0.15, -0.1) is 0 Å². The molecule has 6 atom stereocenters. The number of nitrogens with two attached hydrogens (primary N) is 1. The number of hydrogen-bond donors (Lipinski definition) is 5. The van der Waals surface area contributed by atoms with Gasteiger partial charge < -0.3 is 35.3 Å². The molecule has 3 aromatic carbocycles. The zero-order valence-corrected chi connectivity index (χ0v) is 31.4. The molecule has 0 amide bonds. The highest BCUT2D eigenvalue weighted by Gasteiger charge is 2.54. The number of hydrogen-bond acceptors (Lipinski definition) is 13. The molecule has 53 heavy (non-hydrogen) atoms. The summed E-state index contributed by atoms with van der Waals surface area (Å²) in [7, 11) is -4.40. The monoisotopic (exact) mass is 747 g/mol. The molecule has 282 valence electrons. The molecular weight excluding hydrogens is 701 g/mol. The maximum absolute atomic E-state index is 14.5. The Morgan fingerprint density at radius 3 is 2.51 bits per heavy atom. The Morgan fingerprint density at radius 1 is 1.08 bits per heavy atom. The molecule has 1 aliphatic heterocycles. The largest absolute Gasteiger partial charge is 0.464 e. The average Bonchev–Trinajstić information content (AvgIpc) is 3.55. The third-order valence-corrected chi connectivity index (χ3v) is 10.4. The standard InChI is InChI=1S/C37H46N7O8P/c1-22(33(46)49-21-36(3,4)5)43-53(48,52-27-18-12-16-25-15-10-11-17-26(25)27)50-20-28-30(45)37(6,47)34(51-28)44-23(2)40-29-31(41-35(38)42-32(29)44)39-19-24-13-8-7-9-14-24/h7-18,22,28,30,34,45,47H,19-21H2,1-6H3,(H,43,48)(H3,38,39,41,42). The number of aliphatic hydroxyl groups is 2. The van der Waals surface area contributed by atoms with E-state index in [-0.39, 0.29) is 29.4 Å². The van der Waals surface area contributed by atoms with Gasteiger partial charge >= 0.3 is 13.7 Å². The second kappa shape index (κ2) is 15.0. The van der Waals surface area contributed by atoms with Crippen molar-refractivity contribution in [2.24, 2.45) is 5.41 Å². The van der Waals surface area contributed by atoms with Gasteiger partial charge in [-0.25, -0.2) is 9.55 Å². The summed E-state index contributed by atoms with van der Waals surface area (Å²) in [5, 5.41) is 30.6. The maximum atomic E-state index is 14.5. The van der Waals surface area contributed by atoms with E-state index in [2.05, 4.69) is 25.4 Å². The van der Waals surface area contributed by atoms with Crippen molar-refractivity contribution >= 4 is 47.4 Å². The normalized spacial score (nSPS) is 22.1. The van der Waals surface area contributed by atoms with Crippen molar-refractivity contribution < 1.29 is 38.1 Å². The fraction of sp³-hybridized carbons (Fsp3) is 0.405. The molecule has 0 aliphatic carbocycles. The molecular formula is C37H46N7O8P. The fourth-order valence-corrected chi connectivity index (χ4v) is 7.53. The Hall–Kier alpha value is -4.63. The van der Waals surface area contributed by atoms with Crippen LogP contribution >= 0.6 is 7.75 Å². The molecule has 0 bridgehead atoms. The first kappa shape index (κ1) is 38.1. The molecule has 16 heteroatoms. The lowest BCUT2D eigenvalue weighted by Gasteiger charge is -2.28. The van der Waals surface area contributed by atoms with Crippen LogP contribution in [0.3, 0.4) is 0 Å². The number of nitrogens with one attached hydrogen (secondary N) is 2. The number of carbonyl (C=O) groups excluding carboxylic acids is 1. The minimum Gasteiger partial charge on any atom is -0.464 e. The summed E-state index contributed by atoms with van der Waals surface area (Å²) in [6.07, 6.45) is -4.00. The molecule has 6 unspecified atom stereocenters. The van der Waals surface area contributed by atoms with E-state index < -0.39 is 50.4 Å². The van der Waals surface area contributed by atoms with Crippen LogP contribution in [0.2, 0.25) is 0 Å². The fourth-order valence-electron chi connectivity index (χ4n) is 6.01. The number of aromatic nitrogens is 4. The van der Waals surface area contributed by atoms with Gasteiger partial charge in [0.15, 0.2) is 23.2 Å². The number of nitrogen functional groups attached to an aromatic ring is 1. The van der Waals surface area contributed by atoms with Gasteiger partial charge in [-0.2, -0.15) is 15.1 Å². The van der Waals surface area contributed by atoms with Gasteiger partial charge in [0.05, 0.1) is 13.2 Å². The summed E-state index contributed by atoms with van der Waals surface area (Å²) in [4.78, 5) is 26.4. The van der Waals surface area contributed by atoms with Crippen LogP contribution in [-0.2, 0) is 29.9 Å². The summed E-state index contributed by atoms with van der Waals surface area (Å²) >= 11 is 0. The molecule has 6 N–H and O–H groups in total. The Balaban J connectivity index is 1.26. The van der Waals surface area contributed by atoms with Crippen LogP contribution in [0, 0.1) is 12.3 Å². The number of benzene rings is 3. The number of ether oxygens (including phenoxy) is 2. The van der Waals surface area contributed by atoms with Crippen molar-refractivity contribution in [1.29, 1.82) is 0 Å². The highest BCUT2D eigenvalue weighted by Crippen LogP contribution is 2.49. The van der Waals surface area contributed by atoms with Gasteiger partial charge in [0.25, 0.3) is 0 Å². The van der Waals surface area contributed by atoms with Crippen molar-refractivity contribution in [3.8, 4) is 5.75 Å². The maximum Gasteiger partial charge on any atom is 0.459 e. The van der Waals surface area contributed by atoms with Gasteiger partial charge in [0, 0.05) is 11.9 Å². The molecule has 0 saturated carbocycles. The van der Waals surface area contributed by atoms with Gasteiger partial charge in [-0.3, -0.25) is 13.9 Å². The van der Waals surface area contributed by atoms with Crippen LogP contribution in [0.5, 0.6) is 5.75 Å². The van der Waals surface area contributed by atoms with Gasteiger partial charge in [0.2, 0.25) is 5.95 Å². The van der Waals surface area contributed by atoms with E-state index in [4.69, 9.17) is 24.3 Å². The number of aryl methyl sites for hydroxylation is 1. The number of imidazole rings is 1. The smallest absolute Gasteiger partial charge is 0.459 e. The van der Waals surface area contributed by atoms with Crippen LogP contribution in [0.4, 0.5) is 11.8 Å². The summed E-state index contributed by atoms with van der Waals surface area (Å²) in [5.41, 5.74) is 5.57. The topological polar surface area (TPSA) is 205 Å². The molecule has 0 spiro atoms. The molecule has 3 heterocycles. The number of esters is 1. The zero-order valence-electron chi connectivity index (χ0n) is 30.5.